The van der Waals surface area contributed by atoms with Crippen LogP contribution in [0.2, 0.25) is 5.02 Å². The largest absolute Gasteiger partial charge is 0.391 e. The Morgan fingerprint density at radius 1 is 1.14 bits per heavy atom. The number of Topliss-reactive ketones (excluding diaryl/α,β-unsaturated/α-hetero) is 1. The number of rotatable bonds is 5. The van der Waals surface area contributed by atoms with Crippen molar-refractivity contribution in [3.63, 3.8) is 0 Å². The van der Waals surface area contributed by atoms with Gasteiger partial charge in [-0.05, 0) is 43.8 Å². The molecule has 2 fully saturated rings. The van der Waals surface area contributed by atoms with Crippen molar-refractivity contribution in [2.45, 2.75) is 45.0 Å². The fourth-order valence-corrected chi connectivity index (χ4v) is 6.11. The molecule has 5 rings (SSSR count). The lowest BCUT2D eigenvalue weighted by molar-refractivity contribution is -0.125. The standard InChI is InChI=1S/C26H29ClN4O4S/c1-15-12-31(16(2)11-30(15)14-18-4-3-7-36-18)25(34)20-8-19-21(10-28-23(19)9-22(20)27)24(33)26(35)29-6-5-17(32)13-29/h3-4,7-10,15-17,28,32H,5-6,11-14H2,1-2H3/t15-,16+,17+/m0/s1. The van der Waals surface area contributed by atoms with Crippen LogP contribution < -0.4 is 0 Å². The number of aliphatic hydroxyl groups is 1. The van der Waals surface area contributed by atoms with E-state index in [2.05, 4.69) is 28.3 Å². The summed E-state index contributed by atoms with van der Waals surface area (Å²) in [7, 11) is 0. The number of nitrogens with one attached hydrogen (secondary N) is 1. The maximum atomic E-state index is 13.7. The van der Waals surface area contributed by atoms with E-state index in [1.165, 1.54) is 16.0 Å². The molecular formula is C26H29ClN4O4S. The lowest BCUT2D eigenvalue weighted by Gasteiger charge is -2.44. The van der Waals surface area contributed by atoms with E-state index in [1.54, 1.807) is 23.5 Å². The number of halogens is 1. The zero-order valence-corrected chi connectivity index (χ0v) is 21.8. The van der Waals surface area contributed by atoms with Crippen LogP contribution in [0.1, 0.15) is 45.9 Å². The molecule has 2 amide bonds. The van der Waals surface area contributed by atoms with Crippen LogP contribution in [0.4, 0.5) is 0 Å². The van der Waals surface area contributed by atoms with Crippen LogP contribution in [-0.4, -0.2) is 86.8 Å². The van der Waals surface area contributed by atoms with E-state index in [-0.39, 0.29) is 30.1 Å². The van der Waals surface area contributed by atoms with E-state index in [0.29, 0.717) is 41.0 Å². The molecule has 3 aromatic rings. The Morgan fingerprint density at radius 3 is 2.64 bits per heavy atom. The highest BCUT2D eigenvalue weighted by molar-refractivity contribution is 7.09. The monoisotopic (exact) mass is 528 g/mol. The van der Waals surface area contributed by atoms with E-state index in [0.717, 1.165) is 13.1 Å². The second kappa shape index (κ2) is 9.97. The van der Waals surface area contributed by atoms with Gasteiger partial charge in [-0.15, -0.1) is 11.3 Å². The van der Waals surface area contributed by atoms with Crippen molar-refractivity contribution >= 4 is 51.4 Å². The van der Waals surface area contributed by atoms with Crippen LogP contribution in [0.5, 0.6) is 0 Å². The third-order valence-corrected chi connectivity index (χ3v) is 8.38. The summed E-state index contributed by atoms with van der Waals surface area (Å²) in [5, 5.41) is 12.6. The summed E-state index contributed by atoms with van der Waals surface area (Å²) in [6.07, 6.45) is 1.33. The number of ketones is 1. The second-order valence-electron chi connectivity index (χ2n) is 9.77. The number of piperazine rings is 1. The van der Waals surface area contributed by atoms with E-state index in [1.807, 2.05) is 17.9 Å². The van der Waals surface area contributed by atoms with Crippen molar-refractivity contribution in [1.29, 1.82) is 0 Å². The van der Waals surface area contributed by atoms with E-state index >= 15 is 0 Å². The summed E-state index contributed by atoms with van der Waals surface area (Å²) in [6.45, 7) is 6.81. The number of carbonyl (C=O) groups excluding carboxylic acids is 3. The average Bonchev–Trinajstić information content (AvgIpc) is 3.60. The van der Waals surface area contributed by atoms with Crippen molar-refractivity contribution in [3.8, 4) is 0 Å². The van der Waals surface area contributed by atoms with Gasteiger partial charge in [0.15, 0.2) is 0 Å². The summed E-state index contributed by atoms with van der Waals surface area (Å²) in [4.78, 5) is 49.3. The Morgan fingerprint density at radius 2 is 1.94 bits per heavy atom. The quantitative estimate of drug-likeness (QED) is 0.391. The number of carbonyl (C=O) groups is 3. The third-order valence-electron chi connectivity index (χ3n) is 7.20. The summed E-state index contributed by atoms with van der Waals surface area (Å²) in [5.41, 5.74) is 1.09. The first kappa shape index (κ1) is 25.0. The molecule has 0 unspecified atom stereocenters. The van der Waals surface area contributed by atoms with Crippen LogP contribution >= 0.6 is 22.9 Å². The van der Waals surface area contributed by atoms with Gasteiger partial charge in [0.2, 0.25) is 0 Å². The topological polar surface area (TPSA) is 97.0 Å². The molecule has 2 saturated heterocycles. The number of likely N-dealkylation sites (tertiary alicyclic amines) is 1. The number of aromatic amines is 1. The Labute approximate surface area is 218 Å². The normalized spacial score (nSPS) is 22.9. The first-order valence-corrected chi connectivity index (χ1v) is 13.4. The van der Waals surface area contributed by atoms with Crippen molar-refractivity contribution in [1.82, 2.24) is 19.7 Å². The van der Waals surface area contributed by atoms with Gasteiger partial charge >= 0.3 is 0 Å². The van der Waals surface area contributed by atoms with Crippen molar-refractivity contribution < 1.29 is 19.5 Å². The van der Waals surface area contributed by atoms with Gasteiger partial charge in [-0.1, -0.05) is 17.7 Å². The molecule has 190 valence electrons. The molecule has 0 spiro atoms. The van der Waals surface area contributed by atoms with Gasteiger partial charge in [-0.25, -0.2) is 0 Å². The summed E-state index contributed by atoms with van der Waals surface area (Å²) in [5.74, 6) is -1.51. The zero-order chi connectivity index (χ0) is 25.6. The Hall–Kier alpha value is -2.72. The number of aromatic nitrogens is 1. The molecule has 4 heterocycles. The highest BCUT2D eigenvalue weighted by Crippen LogP contribution is 2.30. The zero-order valence-electron chi connectivity index (χ0n) is 20.2. The number of amides is 2. The SMILES string of the molecule is C[C@@H]1CN(Cc2cccs2)[C@@H](C)CN1C(=O)c1cc2c(C(=O)C(=O)N3CC[C@@H](O)C3)c[nH]c2cc1Cl. The molecule has 2 aliphatic rings. The molecule has 8 nitrogen and oxygen atoms in total. The minimum absolute atomic E-state index is 0.0177. The number of hydrogen-bond acceptors (Lipinski definition) is 6. The molecule has 10 heteroatoms. The Bertz CT molecular complexity index is 1310. The van der Waals surface area contributed by atoms with Gasteiger partial charge in [0, 0.05) is 66.8 Å². The van der Waals surface area contributed by atoms with Crippen LogP contribution in [-0.2, 0) is 11.3 Å². The van der Waals surface area contributed by atoms with Crippen LogP contribution in [0.15, 0.2) is 35.8 Å². The molecule has 0 bridgehead atoms. The predicted octanol–water partition coefficient (Wildman–Crippen LogP) is 3.39. The number of β-amino-alcohol motifs (C(OH)–C–C–N with tert-alkyl or cyclic N) is 1. The second-order valence-corrected chi connectivity index (χ2v) is 11.2. The first-order valence-electron chi connectivity index (χ1n) is 12.1. The average molecular weight is 529 g/mol. The maximum Gasteiger partial charge on any atom is 0.295 e. The predicted molar refractivity (Wildman–Crippen MR) is 140 cm³/mol. The Balaban J connectivity index is 1.38. The van der Waals surface area contributed by atoms with Gasteiger partial charge < -0.3 is 19.9 Å². The molecule has 2 N–H and O–H groups in total. The summed E-state index contributed by atoms with van der Waals surface area (Å²) < 4.78 is 0. The van der Waals surface area contributed by atoms with Crippen molar-refractivity contribution in [3.05, 3.63) is 56.9 Å². The van der Waals surface area contributed by atoms with E-state index in [4.69, 9.17) is 11.6 Å². The molecule has 0 radical (unpaired) electrons. The van der Waals surface area contributed by atoms with E-state index < -0.39 is 17.8 Å². The van der Waals surface area contributed by atoms with Gasteiger partial charge in [0.05, 0.1) is 22.3 Å². The van der Waals surface area contributed by atoms with Crippen LogP contribution in [0, 0.1) is 0 Å². The molecule has 2 aromatic heterocycles. The van der Waals surface area contributed by atoms with Crippen LogP contribution in [0.25, 0.3) is 10.9 Å². The fourth-order valence-electron chi connectivity index (χ4n) is 5.14. The maximum absolute atomic E-state index is 13.7. The molecule has 36 heavy (non-hydrogen) atoms. The van der Waals surface area contributed by atoms with Crippen molar-refractivity contribution in [2.75, 3.05) is 26.2 Å². The highest BCUT2D eigenvalue weighted by atomic mass is 35.5. The van der Waals surface area contributed by atoms with Crippen molar-refractivity contribution in [2.24, 2.45) is 0 Å². The van der Waals surface area contributed by atoms with Crippen LogP contribution in [0.3, 0.4) is 0 Å². The molecular weight excluding hydrogens is 500 g/mol. The minimum atomic E-state index is -0.666. The highest BCUT2D eigenvalue weighted by Gasteiger charge is 2.34. The summed E-state index contributed by atoms with van der Waals surface area (Å²) >= 11 is 8.26. The molecule has 0 aliphatic carbocycles. The fraction of sp³-hybridized carbons (Fsp3) is 0.423. The number of H-pyrrole nitrogens is 1. The minimum Gasteiger partial charge on any atom is -0.391 e. The number of hydrogen-bond donors (Lipinski definition) is 2. The smallest absolute Gasteiger partial charge is 0.295 e. The first-order chi connectivity index (χ1) is 17.2. The number of benzene rings is 1. The lowest BCUT2D eigenvalue weighted by atomic mass is 10.0. The number of thiophene rings is 1. The third kappa shape index (κ3) is 4.68. The molecule has 3 atom stereocenters. The molecule has 0 saturated carbocycles. The van der Waals surface area contributed by atoms with E-state index in [9.17, 15) is 19.5 Å². The lowest BCUT2D eigenvalue weighted by Crippen LogP contribution is -2.57. The number of fused-ring (bicyclic) bond motifs is 1. The Kier molecular flexibility index (Phi) is 6.91. The van der Waals surface area contributed by atoms with Gasteiger partial charge in [-0.3, -0.25) is 19.3 Å². The van der Waals surface area contributed by atoms with Gasteiger partial charge in [-0.2, -0.15) is 0 Å². The molecule has 1 aromatic carbocycles. The van der Waals surface area contributed by atoms with Gasteiger partial charge in [0.25, 0.3) is 17.6 Å². The number of aliphatic hydroxyl groups excluding tert-OH is 1. The van der Waals surface area contributed by atoms with Gasteiger partial charge in [0.1, 0.15) is 0 Å². The molecule has 2 aliphatic heterocycles. The number of nitrogens with zero attached hydrogens (tertiary/aromatic N) is 3. The summed E-state index contributed by atoms with van der Waals surface area (Å²) in [6, 6.07) is 7.58.